The molecule has 0 unspecified atom stereocenters. The second kappa shape index (κ2) is 6.35. The van der Waals surface area contributed by atoms with E-state index in [1.807, 2.05) is 18.4 Å². The summed E-state index contributed by atoms with van der Waals surface area (Å²) in [5, 5.41) is 8.63. The Morgan fingerprint density at radius 3 is 3.00 bits per heavy atom. The van der Waals surface area contributed by atoms with Gasteiger partial charge in [0.25, 0.3) is 0 Å². The Bertz CT molecular complexity index is 325. The van der Waals surface area contributed by atoms with Crippen LogP contribution in [0.2, 0.25) is 0 Å². The van der Waals surface area contributed by atoms with Crippen molar-refractivity contribution in [2.75, 3.05) is 18.6 Å². The van der Waals surface area contributed by atoms with Gasteiger partial charge >= 0.3 is 5.97 Å². The van der Waals surface area contributed by atoms with Crippen molar-refractivity contribution in [2.24, 2.45) is 0 Å². The van der Waals surface area contributed by atoms with Crippen molar-refractivity contribution in [2.45, 2.75) is 6.42 Å². The maximum Gasteiger partial charge on any atom is 0.307 e. The first kappa shape index (κ1) is 11.9. The second-order valence-electron chi connectivity index (χ2n) is 3.06. The van der Waals surface area contributed by atoms with Crippen LogP contribution in [0.4, 0.5) is 0 Å². The first-order valence-electron chi connectivity index (χ1n) is 4.65. The van der Waals surface area contributed by atoms with Crippen LogP contribution >= 0.6 is 11.8 Å². The summed E-state index contributed by atoms with van der Waals surface area (Å²) in [6, 6.07) is 7.21. The highest BCUT2D eigenvalue weighted by molar-refractivity contribution is 7.98. The van der Waals surface area contributed by atoms with Gasteiger partial charge in [0.2, 0.25) is 0 Å². The normalized spacial score (nSPS) is 9.93. The number of rotatable bonds is 6. The zero-order chi connectivity index (χ0) is 11.1. The van der Waals surface area contributed by atoms with E-state index in [-0.39, 0.29) is 6.42 Å². The van der Waals surface area contributed by atoms with Crippen molar-refractivity contribution in [3.05, 3.63) is 29.8 Å². The van der Waals surface area contributed by atoms with E-state index in [0.29, 0.717) is 6.61 Å². The molecule has 0 saturated heterocycles. The van der Waals surface area contributed by atoms with Crippen molar-refractivity contribution >= 4 is 17.7 Å². The molecule has 1 N–H and O–H groups in total. The second-order valence-corrected chi connectivity index (χ2v) is 4.04. The zero-order valence-corrected chi connectivity index (χ0v) is 9.42. The molecule has 4 heteroatoms. The Kier molecular flexibility index (Phi) is 5.04. The number of benzene rings is 1. The van der Waals surface area contributed by atoms with Gasteiger partial charge in [-0.1, -0.05) is 12.1 Å². The molecule has 0 aromatic heterocycles. The Hall–Kier alpha value is -1.16. The summed E-state index contributed by atoms with van der Waals surface area (Å²) in [4.78, 5) is 10.5. The number of hydrogen-bond donors (Lipinski definition) is 1. The largest absolute Gasteiger partial charge is 0.493 e. The van der Waals surface area contributed by atoms with Crippen molar-refractivity contribution in [3.8, 4) is 5.75 Å². The van der Waals surface area contributed by atoms with Gasteiger partial charge in [0.15, 0.2) is 0 Å². The van der Waals surface area contributed by atoms with Crippen molar-refractivity contribution < 1.29 is 14.6 Å². The van der Waals surface area contributed by atoms with Crippen LogP contribution in [-0.4, -0.2) is 29.7 Å². The lowest BCUT2D eigenvalue weighted by molar-refractivity contribution is -0.136. The molecule has 0 amide bonds. The van der Waals surface area contributed by atoms with Crippen LogP contribution in [0.1, 0.15) is 5.56 Å². The Balaban J connectivity index is 2.53. The standard InChI is InChI=1S/C11H14O3S/c1-15-6-5-14-10-4-2-3-9(7-10)8-11(12)13/h2-4,7H,5-6,8H2,1H3,(H,12,13). The Morgan fingerprint density at radius 2 is 2.33 bits per heavy atom. The Labute approximate surface area is 93.4 Å². The first-order chi connectivity index (χ1) is 7.22. The molecule has 0 saturated carbocycles. The maximum absolute atomic E-state index is 10.5. The molecule has 0 bridgehead atoms. The van der Waals surface area contributed by atoms with E-state index in [1.165, 1.54) is 0 Å². The average molecular weight is 226 g/mol. The van der Waals surface area contributed by atoms with E-state index in [4.69, 9.17) is 9.84 Å². The van der Waals surface area contributed by atoms with Crippen molar-refractivity contribution in [1.29, 1.82) is 0 Å². The molecule has 0 radical (unpaired) electrons. The lowest BCUT2D eigenvalue weighted by Crippen LogP contribution is -2.02. The molecule has 0 aliphatic heterocycles. The molecule has 0 heterocycles. The highest BCUT2D eigenvalue weighted by Crippen LogP contribution is 2.14. The molecular formula is C11H14O3S. The lowest BCUT2D eigenvalue weighted by atomic mass is 10.1. The monoisotopic (exact) mass is 226 g/mol. The number of carboxylic acids is 1. The van der Waals surface area contributed by atoms with Crippen LogP contribution in [0.25, 0.3) is 0 Å². The molecule has 82 valence electrons. The van der Waals surface area contributed by atoms with E-state index in [0.717, 1.165) is 17.1 Å². The number of aliphatic carboxylic acids is 1. The third-order valence-electron chi connectivity index (χ3n) is 1.81. The molecule has 3 nitrogen and oxygen atoms in total. The third-order valence-corrected chi connectivity index (χ3v) is 2.38. The first-order valence-corrected chi connectivity index (χ1v) is 6.04. The van der Waals surface area contributed by atoms with Gasteiger partial charge in [0, 0.05) is 5.75 Å². The number of ether oxygens (including phenoxy) is 1. The van der Waals surface area contributed by atoms with Crippen LogP contribution in [0.5, 0.6) is 5.75 Å². The number of carbonyl (C=O) groups is 1. The molecule has 0 aliphatic rings. The summed E-state index contributed by atoms with van der Waals surface area (Å²) in [5.41, 5.74) is 0.768. The minimum atomic E-state index is -0.823. The van der Waals surface area contributed by atoms with Crippen molar-refractivity contribution in [1.82, 2.24) is 0 Å². The summed E-state index contributed by atoms with van der Waals surface area (Å²) < 4.78 is 5.45. The molecule has 0 fully saturated rings. The van der Waals surface area contributed by atoms with Crippen molar-refractivity contribution in [3.63, 3.8) is 0 Å². The maximum atomic E-state index is 10.5. The number of hydrogen-bond acceptors (Lipinski definition) is 3. The SMILES string of the molecule is CSCCOc1cccc(CC(=O)O)c1. The summed E-state index contributed by atoms with van der Waals surface area (Å²) in [6.07, 6.45) is 2.06. The van der Waals surface area contributed by atoms with E-state index in [2.05, 4.69) is 0 Å². The van der Waals surface area contributed by atoms with Gasteiger partial charge in [0.05, 0.1) is 13.0 Å². The minimum absolute atomic E-state index is 0.0414. The smallest absolute Gasteiger partial charge is 0.307 e. The summed E-state index contributed by atoms with van der Waals surface area (Å²) in [7, 11) is 0. The van der Waals surface area contributed by atoms with Crippen LogP contribution in [0, 0.1) is 0 Å². The summed E-state index contributed by atoms with van der Waals surface area (Å²) >= 11 is 1.72. The fourth-order valence-electron chi connectivity index (χ4n) is 1.16. The third kappa shape index (κ3) is 4.74. The molecule has 0 aliphatic carbocycles. The van der Waals surface area contributed by atoms with Crippen LogP contribution < -0.4 is 4.74 Å². The molecule has 15 heavy (non-hydrogen) atoms. The Morgan fingerprint density at radius 1 is 1.53 bits per heavy atom. The molecule has 1 aromatic carbocycles. The van der Waals surface area contributed by atoms with Gasteiger partial charge in [-0.25, -0.2) is 0 Å². The predicted molar refractivity (Wildman–Crippen MR) is 61.7 cm³/mol. The van der Waals surface area contributed by atoms with E-state index < -0.39 is 5.97 Å². The fraction of sp³-hybridized carbons (Fsp3) is 0.364. The number of thioether (sulfide) groups is 1. The number of carboxylic acid groups (broad SMARTS) is 1. The topological polar surface area (TPSA) is 46.5 Å². The van der Waals surface area contributed by atoms with Crippen LogP contribution in [0.15, 0.2) is 24.3 Å². The molecule has 1 rings (SSSR count). The van der Waals surface area contributed by atoms with Gasteiger partial charge in [-0.15, -0.1) is 0 Å². The molecular weight excluding hydrogens is 212 g/mol. The van der Waals surface area contributed by atoms with Gasteiger partial charge < -0.3 is 9.84 Å². The highest BCUT2D eigenvalue weighted by atomic mass is 32.2. The highest BCUT2D eigenvalue weighted by Gasteiger charge is 2.01. The fourth-order valence-corrected chi connectivity index (χ4v) is 1.41. The average Bonchev–Trinajstić information content (AvgIpc) is 2.18. The van der Waals surface area contributed by atoms with Crippen LogP contribution in [-0.2, 0) is 11.2 Å². The summed E-state index contributed by atoms with van der Waals surface area (Å²) in [6.45, 7) is 0.650. The molecule has 0 spiro atoms. The minimum Gasteiger partial charge on any atom is -0.493 e. The predicted octanol–water partition coefficient (Wildman–Crippen LogP) is 2.06. The van der Waals surface area contributed by atoms with E-state index in [1.54, 1.807) is 23.9 Å². The zero-order valence-electron chi connectivity index (χ0n) is 8.60. The van der Waals surface area contributed by atoms with Crippen LogP contribution in [0.3, 0.4) is 0 Å². The lowest BCUT2D eigenvalue weighted by Gasteiger charge is -2.06. The summed E-state index contributed by atoms with van der Waals surface area (Å²) in [5.74, 6) is 0.849. The van der Waals surface area contributed by atoms with Gasteiger partial charge in [0.1, 0.15) is 5.75 Å². The van der Waals surface area contributed by atoms with Gasteiger partial charge in [-0.3, -0.25) is 4.79 Å². The molecule has 1 aromatic rings. The quantitative estimate of drug-likeness (QED) is 0.754. The van der Waals surface area contributed by atoms with Gasteiger partial charge in [-0.2, -0.15) is 11.8 Å². The molecule has 0 atom stereocenters. The van der Waals surface area contributed by atoms with E-state index >= 15 is 0 Å². The van der Waals surface area contributed by atoms with E-state index in [9.17, 15) is 4.79 Å². The van der Waals surface area contributed by atoms with Gasteiger partial charge in [-0.05, 0) is 24.0 Å².